The second-order valence-electron chi connectivity index (χ2n) is 10.4. The Hall–Kier alpha value is -1.98. The molecule has 6 nitrogen and oxygen atoms in total. The number of hydrogen-bond acceptors (Lipinski definition) is 4. The van der Waals surface area contributed by atoms with E-state index in [1.807, 2.05) is 0 Å². The van der Waals surface area contributed by atoms with Crippen molar-refractivity contribution in [2.24, 2.45) is 17.3 Å². The first-order valence-corrected chi connectivity index (χ1v) is 12.0. The van der Waals surface area contributed by atoms with E-state index in [2.05, 4.69) is 26.1 Å². The maximum atomic E-state index is 12.5. The van der Waals surface area contributed by atoms with Gasteiger partial charge in [-0.1, -0.05) is 33.6 Å². The van der Waals surface area contributed by atoms with Gasteiger partial charge in [-0.15, -0.1) is 0 Å². The maximum Gasteiger partial charge on any atom is 0.253 e. The number of nitrogens with zero attached hydrogens (tertiary/aromatic N) is 1. The number of carbonyl (C=O) groups is 4. The number of hydrogen-bond donors (Lipinski definition) is 1. The predicted molar refractivity (Wildman–Crippen MR) is 121 cm³/mol. The van der Waals surface area contributed by atoms with E-state index >= 15 is 0 Å². The summed E-state index contributed by atoms with van der Waals surface area (Å²) >= 11 is 0. The molecule has 1 aliphatic carbocycles. The van der Waals surface area contributed by atoms with Crippen molar-refractivity contribution < 1.29 is 19.2 Å². The van der Waals surface area contributed by atoms with Gasteiger partial charge in [-0.3, -0.25) is 24.1 Å². The summed E-state index contributed by atoms with van der Waals surface area (Å²) in [5.41, 5.74) is 0.239. The van der Waals surface area contributed by atoms with Gasteiger partial charge in [-0.25, -0.2) is 0 Å². The monoisotopic (exact) mass is 432 g/mol. The lowest BCUT2D eigenvalue weighted by Crippen LogP contribution is -2.36. The second-order valence-corrected chi connectivity index (χ2v) is 10.4. The molecule has 6 heteroatoms. The minimum Gasteiger partial charge on any atom is -0.356 e. The quantitative estimate of drug-likeness (QED) is 0.370. The van der Waals surface area contributed by atoms with Crippen LogP contribution in [0.3, 0.4) is 0 Å². The zero-order chi connectivity index (χ0) is 22.9. The molecule has 2 aliphatic rings. The molecule has 31 heavy (non-hydrogen) atoms. The van der Waals surface area contributed by atoms with Crippen molar-refractivity contribution in [3.05, 3.63) is 12.2 Å². The number of rotatable bonds is 12. The van der Waals surface area contributed by atoms with Gasteiger partial charge in [0.05, 0.1) is 0 Å². The highest BCUT2D eigenvalue weighted by atomic mass is 16.2. The van der Waals surface area contributed by atoms with Gasteiger partial charge in [0, 0.05) is 44.0 Å². The van der Waals surface area contributed by atoms with Gasteiger partial charge in [0.15, 0.2) is 0 Å². The minimum atomic E-state index is -0.217. The molecule has 2 rings (SSSR count). The van der Waals surface area contributed by atoms with Gasteiger partial charge < -0.3 is 5.32 Å². The summed E-state index contributed by atoms with van der Waals surface area (Å²) in [5, 5.41) is 2.99. The number of ketones is 1. The van der Waals surface area contributed by atoms with E-state index in [1.165, 1.54) is 17.1 Å². The smallest absolute Gasteiger partial charge is 0.253 e. The molecule has 1 N–H and O–H groups in total. The van der Waals surface area contributed by atoms with Crippen molar-refractivity contribution in [2.45, 2.75) is 91.4 Å². The Morgan fingerprint density at radius 3 is 2.10 bits per heavy atom. The number of carbonyl (C=O) groups excluding carboxylic acids is 4. The first-order valence-electron chi connectivity index (χ1n) is 12.0. The molecule has 1 heterocycles. The molecule has 0 atom stereocenters. The fourth-order valence-corrected chi connectivity index (χ4v) is 4.34. The largest absolute Gasteiger partial charge is 0.356 e. The molecule has 0 aromatic rings. The summed E-state index contributed by atoms with van der Waals surface area (Å²) in [6.45, 7) is 7.73. The lowest BCUT2D eigenvalue weighted by atomic mass is 9.79. The van der Waals surface area contributed by atoms with Gasteiger partial charge in [0.25, 0.3) is 11.8 Å². The molecule has 0 radical (unpaired) electrons. The van der Waals surface area contributed by atoms with Crippen molar-refractivity contribution in [3.8, 4) is 0 Å². The molecule has 1 saturated carbocycles. The van der Waals surface area contributed by atoms with Crippen LogP contribution < -0.4 is 5.32 Å². The minimum absolute atomic E-state index is 0.130. The van der Waals surface area contributed by atoms with Gasteiger partial charge in [-0.05, 0) is 56.3 Å². The van der Waals surface area contributed by atoms with Crippen LogP contribution in [0.5, 0.6) is 0 Å². The van der Waals surface area contributed by atoms with E-state index in [0.29, 0.717) is 31.1 Å². The molecule has 0 bridgehead atoms. The van der Waals surface area contributed by atoms with E-state index in [1.54, 1.807) is 0 Å². The summed E-state index contributed by atoms with van der Waals surface area (Å²) < 4.78 is 0. The molecule has 0 saturated heterocycles. The standard InChI is InChI=1S/C25H40N2O4/c1-25(2,3)16-17-26-22(29)9-7-5-4-6-8-21(28)20-12-10-19(11-13-20)18-27-23(30)14-15-24(27)31/h14-15,19-20H,4-13,16-18H2,1-3H3,(H,26,29). The molecule has 1 fully saturated rings. The van der Waals surface area contributed by atoms with Crippen LogP contribution in [0.2, 0.25) is 0 Å². The van der Waals surface area contributed by atoms with Crippen LogP contribution in [0.15, 0.2) is 12.2 Å². The topological polar surface area (TPSA) is 83.6 Å². The van der Waals surface area contributed by atoms with Crippen molar-refractivity contribution in [1.29, 1.82) is 0 Å². The average Bonchev–Trinajstić information content (AvgIpc) is 3.02. The van der Waals surface area contributed by atoms with Crippen LogP contribution in [0.1, 0.15) is 91.4 Å². The van der Waals surface area contributed by atoms with Crippen molar-refractivity contribution >= 4 is 23.5 Å². The van der Waals surface area contributed by atoms with E-state index < -0.39 is 0 Å². The molecular formula is C25H40N2O4. The van der Waals surface area contributed by atoms with Crippen LogP contribution in [-0.2, 0) is 19.2 Å². The summed E-state index contributed by atoms with van der Waals surface area (Å²) in [4.78, 5) is 49.0. The van der Waals surface area contributed by atoms with Crippen LogP contribution in [0, 0.1) is 17.3 Å². The van der Waals surface area contributed by atoms with Crippen LogP contribution in [0.25, 0.3) is 0 Å². The maximum absolute atomic E-state index is 12.5. The van der Waals surface area contributed by atoms with E-state index in [0.717, 1.165) is 64.3 Å². The third kappa shape index (κ3) is 9.36. The van der Waals surface area contributed by atoms with Gasteiger partial charge >= 0.3 is 0 Å². The zero-order valence-corrected chi connectivity index (χ0v) is 19.6. The van der Waals surface area contributed by atoms with E-state index in [4.69, 9.17) is 0 Å². The molecule has 0 aromatic carbocycles. The predicted octanol–water partition coefficient (Wildman–Crippen LogP) is 4.18. The first-order chi connectivity index (χ1) is 14.7. The number of Topliss-reactive ketones (excluding diaryl/α,β-unsaturated/α-hetero) is 1. The highest BCUT2D eigenvalue weighted by Crippen LogP contribution is 2.31. The average molecular weight is 433 g/mol. The number of imide groups is 1. The number of amides is 3. The van der Waals surface area contributed by atoms with Crippen LogP contribution in [-0.4, -0.2) is 41.5 Å². The fourth-order valence-electron chi connectivity index (χ4n) is 4.34. The highest BCUT2D eigenvalue weighted by molar-refractivity contribution is 6.12. The van der Waals surface area contributed by atoms with Gasteiger partial charge in [-0.2, -0.15) is 0 Å². The molecular weight excluding hydrogens is 392 g/mol. The first kappa shape index (κ1) is 25.3. The molecule has 174 valence electrons. The third-order valence-electron chi connectivity index (χ3n) is 6.42. The van der Waals surface area contributed by atoms with Gasteiger partial charge in [0.1, 0.15) is 5.78 Å². The van der Waals surface area contributed by atoms with Gasteiger partial charge in [0.2, 0.25) is 5.91 Å². The summed E-state index contributed by atoms with van der Waals surface area (Å²) in [6.07, 6.45) is 12.1. The number of nitrogens with one attached hydrogen (secondary N) is 1. The SMILES string of the molecule is CC(C)(C)CCNC(=O)CCCCCCC(=O)C1CCC(CN2C(=O)C=CC2=O)CC1. The summed E-state index contributed by atoms with van der Waals surface area (Å²) in [6, 6.07) is 0. The lowest BCUT2D eigenvalue weighted by Gasteiger charge is -2.30. The Bertz CT molecular complexity index is 651. The van der Waals surface area contributed by atoms with E-state index in [-0.39, 0.29) is 29.1 Å². The summed E-state index contributed by atoms with van der Waals surface area (Å²) in [5.74, 6) is 0.495. The Balaban J connectivity index is 1.49. The third-order valence-corrected chi connectivity index (χ3v) is 6.42. The molecule has 0 unspecified atom stereocenters. The highest BCUT2D eigenvalue weighted by Gasteiger charge is 2.30. The Labute approximate surface area is 187 Å². The second kappa shape index (κ2) is 12.2. The van der Waals surface area contributed by atoms with Crippen molar-refractivity contribution in [2.75, 3.05) is 13.1 Å². The zero-order valence-electron chi connectivity index (χ0n) is 19.6. The normalized spacial score (nSPS) is 21.6. The molecule has 1 aliphatic heterocycles. The Morgan fingerprint density at radius 1 is 0.935 bits per heavy atom. The fraction of sp³-hybridized carbons (Fsp3) is 0.760. The Morgan fingerprint density at radius 2 is 1.52 bits per heavy atom. The Kier molecular flexibility index (Phi) is 9.92. The molecule has 0 aromatic heterocycles. The van der Waals surface area contributed by atoms with Crippen molar-refractivity contribution in [3.63, 3.8) is 0 Å². The molecule has 3 amide bonds. The molecule has 0 spiro atoms. The van der Waals surface area contributed by atoms with Crippen LogP contribution in [0.4, 0.5) is 0 Å². The number of unbranched alkanes of at least 4 members (excludes halogenated alkanes) is 3. The van der Waals surface area contributed by atoms with E-state index in [9.17, 15) is 19.2 Å². The summed E-state index contributed by atoms with van der Waals surface area (Å²) in [7, 11) is 0. The van der Waals surface area contributed by atoms with Crippen molar-refractivity contribution in [1.82, 2.24) is 10.2 Å². The lowest BCUT2D eigenvalue weighted by molar-refractivity contribution is -0.138. The van der Waals surface area contributed by atoms with Crippen LogP contribution >= 0.6 is 0 Å².